The smallest absolute Gasteiger partial charge is 0.320 e. The van der Waals surface area contributed by atoms with Gasteiger partial charge in [-0.1, -0.05) is 6.07 Å². The Balaban J connectivity index is 1.78. The first-order valence-corrected chi connectivity index (χ1v) is 6.28. The van der Waals surface area contributed by atoms with E-state index in [9.17, 15) is 4.79 Å². The summed E-state index contributed by atoms with van der Waals surface area (Å²) >= 11 is 0. The maximum Gasteiger partial charge on any atom is 0.320 e. The molecule has 0 spiro atoms. The Morgan fingerprint density at radius 1 is 1.67 bits per heavy atom. The van der Waals surface area contributed by atoms with Gasteiger partial charge in [0.05, 0.1) is 0 Å². The number of rotatable bonds is 5. The molecule has 5 nitrogen and oxygen atoms in total. The van der Waals surface area contributed by atoms with Gasteiger partial charge in [-0.25, -0.2) is 4.98 Å². The van der Waals surface area contributed by atoms with E-state index < -0.39 is 5.97 Å². The molecule has 98 valence electrons. The summed E-state index contributed by atoms with van der Waals surface area (Å²) in [6, 6.07) is 5.39. The molecule has 1 aromatic heterocycles. The highest BCUT2D eigenvalue weighted by molar-refractivity contribution is 5.72. The Kier molecular flexibility index (Phi) is 4.15. The average molecular weight is 249 g/mol. The summed E-state index contributed by atoms with van der Waals surface area (Å²) in [6.07, 6.45) is 2.80. The van der Waals surface area contributed by atoms with E-state index in [1.54, 1.807) is 13.1 Å². The van der Waals surface area contributed by atoms with Gasteiger partial charge in [0.25, 0.3) is 0 Å². The first kappa shape index (κ1) is 12.8. The van der Waals surface area contributed by atoms with Gasteiger partial charge in [0.1, 0.15) is 11.9 Å². The van der Waals surface area contributed by atoms with Crippen molar-refractivity contribution in [2.45, 2.75) is 19.4 Å². The Morgan fingerprint density at radius 3 is 3.17 bits per heavy atom. The fourth-order valence-corrected chi connectivity index (χ4v) is 2.25. The summed E-state index contributed by atoms with van der Waals surface area (Å²) in [6.45, 7) is 4.30. The van der Waals surface area contributed by atoms with Crippen molar-refractivity contribution < 1.29 is 9.90 Å². The Hall–Kier alpha value is -1.62. The Morgan fingerprint density at radius 2 is 2.50 bits per heavy atom. The summed E-state index contributed by atoms with van der Waals surface area (Å²) in [4.78, 5) is 17.1. The summed E-state index contributed by atoms with van der Waals surface area (Å²) in [5.74, 6) is 0.629. The van der Waals surface area contributed by atoms with Crippen LogP contribution in [0.5, 0.6) is 0 Å². The zero-order valence-electron chi connectivity index (χ0n) is 10.5. The molecule has 2 N–H and O–H groups in total. The fraction of sp³-hybridized carbons (Fsp3) is 0.538. The number of likely N-dealkylation sites (tertiary alicyclic amines) is 1. The van der Waals surface area contributed by atoms with Gasteiger partial charge in [-0.15, -0.1) is 0 Å². The molecular formula is C13H19N3O2. The molecule has 2 heterocycles. The number of carbonyl (C=O) groups is 1. The van der Waals surface area contributed by atoms with E-state index in [-0.39, 0.29) is 6.04 Å². The molecule has 1 aliphatic rings. The van der Waals surface area contributed by atoms with Crippen molar-refractivity contribution in [3.8, 4) is 0 Å². The van der Waals surface area contributed by atoms with Gasteiger partial charge in [-0.05, 0) is 37.9 Å². The Labute approximate surface area is 107 Å². The highest BCUT2D eigenvalue weighted by Gasteiger charge is 2.29. The molecule has 18 heavy (non-hydrogen) atoms. The standard InChI is InChI=1S/C13H19N3O2/c1-10(13(17)18)16-7-5-11(9-16)8-15-12-4-2-3-6-14-12/h2-4,6,10-11H,5,7-9H2,1H3,(H,14,15)(H,17,18). The number of nitrogens with zero attached hydrogens (tertiary/aromatic N) is 2. The summed E-state index contributed by atoms with van der Waals surface area (Å²) < 4.78 is 0. The molecule has 2 rings (SSSR count). The van der Waals surface area contributed by atoms with Crippen LogP contribution in [-0.4, -0.2) is 46.6 Å². The van der Waals surface area contributed by atoms with Crippen LogP contribution >= 0.6 is 0 Å². The maximum absolute atomic E-state index is 10.9. The molecule has 0 radical (unpaired) electrons. The average Bonchev–Trinajstić information content (AvgIpc) is 2.85. The van der Waals surface area contributed by atoms with Gasteiger partial charge >= 0.3 is 5.97 Å². The van der Waals surface area contributed by atoms with Crippen LogP contribution in [0.2, 0.25) is 0 Å². The second-order valence-corrected chi connectivity index (χ2v) is 4.76. The first-order valence-electron chi connectivity index (χ1n) is 6.28. The van der Waals surface area contributed by atoms with Crippen LogP contribution in [0.15, 0.2) is 24.4 Å². The monoisotopic (exact) mass is 249 g/mol. The van der Waals surface area contributed by atoms with Gasteiger partial charge in [-0.3, -0.25) is 9.69 Å². The van der Waals surface area contributed by atoms with Gasteiger partial charge in [-0.2, -0.15) is 0 Å². The maximum atomic E-state index is 10.9. The predicted molar refractivity (Wildman–Crippen MR) is 69.5 cm³/mol. The van der Waals surface area contributed by atoms with Crippen molar-refractivity contribution >= 4 is 11.8 Å². The molecular weight excluding hydrogens is 230 g/mol. The lowest BCUT2D eigenvalue weighted by Gasteiger charge is -2.20. The second-order valence-electron chi connectivity index (χ2n) is 4.76. The Bertz CT molecular complexity index is 396. The van der Waals surface area contributed by atoms with Crippen molar-refractivity contribution in [1.82, 2.24) is 9.88 Å². The van der Waals surface area contributed by atoms with Crippen LogP contribution in [0.3, 0.4) is 0 Å². The molecule has 0 aromatic carbocycles. The largest absolute Gasteiger partial charge is 0.480 e. The number of aliphatic carboxylic acids is 1. The number of carboxylic acids is 1. The number of pyridine rings is 1. The highest BCUT2D eigenvalue weighted by Crippen LogP contribution is 2.19. The van der Waals surface area contributed by atoms with Crippen LogP contribution in [-0.2, 0) is 4.79 Å². The van der Waals surface area contributed by atoms with Gasteiger partial charge in [0.15, 0.2) is 0 Å². The lowest BCUT2D eigenvalue weighted by Crippen LogP contribution is -2.37. The first-order chi connectivity index (χ1) is 8.66. The van der Waals surface area contributed by atoms with Crippen LogP contribution in [0.1, 0.15) is 13.3 Å². The second kappa shape index (κ2) is 5.82. The topological polar surface area (TPSA) is 65.5 Å². The summed E-state index contributed by atoms with van der Waals surface area (Å²) in [7, 11) is 0. The fourth-order valence-electron chi connectivity index (χ4n) is 2.25. The van der Waals surface area contributed by atoms with E-state index in [0.717, 1.165) is 31.9 Å². The number of nitrogens with one attached hydrogen (secondary N) is 1. The molecule has 0 saturated carbocycles. The van der Waals surface area contributed by atoms with Crippen molar-refractivity contribution in [2.75, 3.05) is 25.0 Å². The third-order valence-electron chi connectivity index (χ3n) is 3.46. The minimum absolute atomic E-state index is 0.384. The van der Waals surface area contributed by atoms with Crippen molar-refractivity contribution in [3.63, 3.8) is 0 Å². The van der Waals surface area contributed by atoms with Crippen LogP contribution in [0, 0.1) is 5.92 Å². The van der Waals surface area contributed by atoms with E-state index in [1.165, 1.54) is 0 Å². The normalized spacial score (nSPS) is 21.7. The minimum Gasteiger partial charge on any atom is -0.480 e. The molecule has 1 aromatic rings. The van der Waals surface area contributed by atoms with E-state index in [2.05, 4.69) is 10.3 Å². The molecule has 2 atom stereocenters. The van der Waals surface area contributed by atoms with Crippen molar-refractivity contribution in [2.24, 2.45) is 5.92 Å². The van der Waals surface area contributed by atoms with Gasteiger partial charge in [0, 0.05) is 19.3 Å². The molecule has 5 heteroatoms. The zero-order chi connectivity index (χ0) is 13.0. The molecule has 2 unspecified atom stereocenters. The quantitative estimate of drug-likeness (QED) is 0.823. The predicted octanol–water partition coefficient (Wildman–Crippen LogP) is 1.29. The van der Waals surface area contributed by atoms with E-state index >= 15 is 0 Å². The van der Waals surface area contributed by atoms with Gasteiger partial charge in [0.2, 0.25) is 0 Å². The molecule has 1 fully saturated rings. The van der Waals surface area contributed by atoms with E-state index in [0.29, 0.717) is 5.92 Å². The SMILES string of the molecule is CC(C(=O)O)N1CCC(CNc2ccccn2)C1. The van der Waals surface area contributed by atoms with Crippen molar-refractivity contribution in [1.29, 1.82) is 0 Å². The summed E-state index contributed by atoms with van der Waals surface area (Å²) in [5, 5.41) is 12.3. The number of anilines is 1. The molecule has 0 amide bonds. The summed E-state index contributed by atoms with van der Waals surface area (Å²) in [5.41, 5.74) is 0. The molecule has 1 saturated heterocycles. The van der Waals surface area contributed by atoms with Gasteiger partial charge < -0.3 is 10.4 Å². The van der Waals surface area contributed by atoms with Crippen LogP contribution in [0.4, 0.5) is 5.82 Å². The molecule has 0 bridgehead atoms. The van der Waals surface area contributed by atoms with Crippen molar-refractivity contribution in [3.05, 3.63) is 24.4 Å². The van der Waals surface area contributed by atoms with Crippen LogP contribution < -0.4 is 5.32 Å². The minimum atomic E-state index is -0.742. The molecule has 1 aliphatic heterocycles. The third-order valence-corrected chi connectivity index (χ3v) is 3.46. The zero-order valence-corrected chi connectivity index (χ0v) is 10.5. The van der Waals surface area contributed by atoms with E-state index in [1.807, 2.05) is 23.1 Å². The van der Waals surface area contributed by atoms with Crippen LogP contribution in [0.25, 0.3) is 0 Å². The lowest BCUT2D eigenvalue weighted by molar-refractivity contribution is -0.142. The number of hydrogen-bond acceptors (Lipinski definition) is 4. The highest BCUT2D eigenvalue weighted by atomic mass is 16.4. The number of carboxylic acid groups (broad SMARTS) is 1. The lowest BCUT2D eigenvalue weighted by atomic mass is 10.1. The third kappa shape index (κ3) is 3.20. The van der Waals surface area contributed by atoms with E-state index in [4.69, 9.17) is 5.11 Å². The molecule has 0 aliphatic carbocycles. The number of aromatic nitrogens is 1. The number of hydrogen-bond donors (Lipinski definition) is 2.